The third-order valence-electron chi connectivity index (χ3n) is 2.37. The van der Waals surface area contributed by atoms with Gasteiger partial charge in [0.15, 0.2) is 0 Å². The van der Waals surface area contributed by atoms with Crippen molar-refractivity contribution < 1.29 is 28.9 Å². The van der Waals surface area contributed by atoms with Crippen LogP contribution in [-0.4, -0.2) is 77.2 Å². The first-order valence-corrected chi connectivity index (χ1v) is 13.8. The highest BCUT2D eigenvalue weighted by Gasteiger charge is 2.20. The lowest BCUT2D eigenvalue weighted by Gasteiger charge is -2.19. The van der Waals surface area contributed by atoms with Gasteiger partial charge in [-0.05, 0) is 13.0 Å². The first-order valence-electron chi connectivity index (χ1n) is 8.59. The molecule has 0 aliphatic rings. The van der Waals surface area contributed by atoms with Gasteiger partial charge in [-0.3, -0.25) is 9.59 Å². The lowest BCUT2D eigenvalue weighted by molar-refractivity contribution is -0.140. The predicted octanol–water partition coefficient (Wildman–Crippen LogP) is 3.51. The number of carboxylic acid groups (broad SMARTS) is 2. The van der Waals surface area contributed by atoms with Gasteiger partial charge in [-0.1, -0.05) is 38.1 Å². The summed E-state index contributed by atoms with van der Waals surface area (Å²) in [6.07, 6.45) is 4.99. The topological polar surface area (TPSA) is 147 Å². The van der Waals surface area contributed by atoms with Gasteiger partial charge >= 0.3 is 11.9 Å². The summed E-state index contributed by atoms with van der Waals surface area (Å²) in [5.41, 5.74) is 4.94. The second kappa shape index (κ2) is 28.9. The summed E-state index contributed by atoms with van der Waals surface area (Å²) >= 11 is 12.2. The standard InChI is InChI=1S/C6H11NO2S2.C6H10OS2.C3H7NO2S.C3H6OS/c1-2-3-7(11)5(4-10)6(8)9;1-3-5-8-9(7)6-4-2;4-2(1-7)3(5)6;1-3(2)5-4/h2,5,10-11H,1,3-4H2,(H,8,9);3-4H,1-2,5-6H2;2,7H,1,4H2,(H,5,6);4H,1H2,2H3/t5-;;;/m1.../s1. The fraction of sp³-hybridized carbons (Fsp3) is 0.444. The van der Waals surface area contributed by atoms with E-state index in [0.717, 1.165) is 10.7 Å². The molecule has 0 aromatic heterocycles. The molecule has 0 bridgehead atoms. The van der Waals surface area contributed by atoms with Crippen molar-refractivity contribution in [3.63, 3.8) is 0 Å². The molecule has 0 fully saturated rings. The molecule has 0 amide bonds. The summed E-state index contributed by atoms with van der Waals surface area (Å²) in [7, 11) is 0.591. The van der Waals surface area contributed by atoms with Gasteiger partial charge in [0.1, 0.15) is 17.8 Å². The zero-order valence-corrected chi connectivity index (χ0v) is 23.0. The maximum absolute atomic E-state index is 10.8. The normalized spacial score (nSPS) is 12.1. The Morgan fingerprint density at radius 3 is 1.88 bits per heavy atom. The Morgan fingerprint density at radius 1 is 1.16 bits per heavy atom. The van der Waals surface area contributed by atoms with Crippen LogP contribution in [-0.2, 0) is 19.8 Å². The molecule has 0 saturated heterocycles. The van der Waals surface area contributed by atoms with Crippen LogP contribution in [0, 0.1) is 0 Å². The molecule has 0 heterocycles. The summed E-state index contributed by atoms with van der Waals surface area (Å²) in [5, 5.41) is 16.6. The average molecular weight is 567 g/mol. The van der Waals surface area contributed by atoms with Crippen molar-refractivity contribution in [3.05, 3.63) is 49.4 Å². The Bertz CT molecular complexity index is 542. The highest BCUT2D eigenvalue weighted by Crippen LogP contribution is 2.12. The third kappa shape index (κ3) is 32.0. The number of hydrogen-bond donors (Lipinski definition) is 7. The minimum absolute atomic E-state index is 0.190. The van der Waals surface area contributed by atoms with E-state index in [1.165, 1.54) is 15.1 Å². The predicted molar refractivity (Wildman–Crippen MR) is 152 cm³/mol. The average Bonchev–Trinajstić information content (AvgIpc) is 2.73. The number of hydrogen-bond acceptors (Lipinski definition) is 11. The SMILES string of the molecule is C=C(C)SO.C=CCN(S)[C@H](CS)C(=O)O.C=CCS[S+]([O-])CC=C.NC(CS)C(=O)O. The van der Waals surface area contributed by atoms with E-state index in [0.29, 0.717) is 24.3 Å². The third-order valence-corrected chi connectivity index (χ3v) is 6.62. The Labute approximate surface area is 219 Å². The number of rotatable bonds is 13. The van der Waals surface area contributed by atoms with Crippen LogP contribution in [0.5, 0.6) is 0 Å². The molecule has 0 rings (SSSR count). The number of carboxylic acids is 2. The van der Waals surface area contributed by atoms with E-state index < -0.39 is 34.2 Å². The van der Waals surface area contributed by atoms with E-state index in [1.807, 2.05) is 0 Å². The van der Waals surface area contributed by atoms with Crippen molar-refractivity contribution in [1.29, 1.82) is 0 Å². The van der Waals surface area contributed by atoms with Crippen molar-refractivity contribution in [3.8, 4) is 0 Å². The van der Waals surface area contributed by atoms with E-state index in [1.54, 1.807) is 25.2 Å². The summed E-state index contributed by atoms with van der Waals surface area (Å²) in [6, 6.07) is -1.47. The van der Waals surface area contributed by atoms with Gasteiger partial charge in [0.2, 0.25) is 0 Å². The molecule has 32 heavy (non-hydrogen) atoms. The Balaban J connectivity index is -0.000000170. The zero-order valence-electron chi connectivity index (χ0n) is 17.9. The van der Waals surface area contributed by atoms with E-state index in [2.05, 4.69) is 64.4 Å². The van der Waals surface area contributed by atoms with Crippen LogP contribution in [0.3, 0.4) is 0 Å². The van der Waals surface area contributed by atoms with Gasteiger partial charge in [-0.15, -0.1) is 13.2 Å². The molecule has 8 nitrogen and oxygen atoms in total. The summed E-state index contributed by atoms with van der Waals surface area (Å²) in [5.74, 6) is -0.173. The smallest absolute Gasteiger partial charge is 0.322 e. The number of thiol groups is 3. The molecule has 0 aromatic rings. The summed E-state index contributed by atoms with van der Waals surface area (Å²) in [4.78, 5) is 21.0. The van der Waals surface area contributed by atoms with Crippen LogP contribution in [0.1, 0.15) is 6.92 Å². The Kier molecular flexibility index (Phi) is 35.3. The first-order chi connectivity index (χ1) is 14.9. The van der Waals surface area contributed by atoms with Crippen LogP contribution in [0.2, 0.25) is 0 Å². The van der Waals surface area contributed by atoms with E-state index >= 15 is 0 Å². The van der Waals surface area contributed by atoms with Crippen molar-refractivity contribution in [2.75, 3.05) is 29.6 Å². The Hall–Kier alpha value is -0.160. The monoisotopic (exact) mass is 566 g/mol. The lowest BCUT2D eigenvalue weighted by atomic mass is 10.3. The highest BCUT2D eigenvalue weighted by atomic mass is 33.1. The number of nitrogens with zero attached hydrogens (tertiary/aromatic N) is 1. The van der Waals surface area contributed by atoms with Crippen LogP contribution in [0.25, 0.3) is 0 Å². The van der Waals surface area contributed by atoms with Gasteiger partial charge in [-0.25, -0.2) is 4.31 Å². The van der Waals surface area contributed by atoms with Gasteiger partial charge in [0.05, 0.1) is 16.5 Å². The molecule has 0 aliphatic carbocycles. The fourth-order valence-electron chi connectivity index (χ4n) is 0.906. The summed E-state index contributed by atoms with van der Waals surface area (Å²) < 4.78 is 20.1. The first kappa shape index (κ1) is 39.1. The number of carbonyl (C=O) groups is 2. The molecule has 5 N–H and O–H groups in total. The van der Waals surface area contributed by atoms with E-state index in [4.69, 9.17) is 20.5 Å². The maximum atomic E-state index is 10.8. The fourth-order valence-corrected chi connectivity index (χ4v) is 3.70. The largest absolute Gasteiger partial charge is 0.605 e. The van der Waals surface area contributed by atoms with Gasteiger partial charge < -0.3 is 25.1 Å². The van der Waals surface area contributed by atoms with E-state index in [-0.39, 0.29) is 11.5 Å². The molecule has 14 heteroatoms. The molecule has 2 unspecified atom stereocenters. The second-order valence-electron chi connectivity index (χ2n) is 5.20. The van der Waals surface area contributed by atoms with Gasteiger partial charge in [0, 0.05) is 45.2 Å². The van der Waals surface area contributed by atoms with Crippen molar-refractivity contribution in [2.24, 2.45) is 5.73 Å². The van der Waals surface area contributed by atoms with Crippen LogP contribution < -0.4 is 5.73 Å². The lowest BCUT2D eigenvalue weighted by Crippen LogP contribution is -2.36. The molecule has 0 aromatic carbocycles. The molecule has 3 atom stereocenters. The van der Waals surface area contributed by atoms with Crippen molar-refractivity contribution in [1.82, 2.24) is 4.31 Å². The van der Waals surface area contributed by atoms with Crippen molar-refractivity contribution >= 4 is 83.1 Å². The van der Waals surface area contributed by atoms with Gasteiger partial charge in [0.25, 0.3) is 0 Å². The molecule has 0 saturated carbocycles. The molecule has 0 aliphatic heterocycles. The maximum Gasteiger partial charge on any atom is 0.322 e. The van der Waals surface area contributed by atoms with E-state index in [9.17, 15) is 14.1 Å². The van der Waals surface area contributed by atoms with Crippen molar-refractivity contribution in [2.45, 2.75) is 19.0 Å². The molecular formula is C18H34N2O6S6. The molecule has 188 valence electrons. The minimum atomic E-state index is -1.00. The second-order valence-corrected chi connectivity index (χ2v) is 10.7. The number of aliphatic carboxylic acids is 2. The number of nitrogens with two attached hydrogens (primary N) is 1. The molecule has 0 radical (unpaired) electrons. The zero-order chi connectivity index (χ0) is 26.1. The van der Waals surface area contributed by atoms with Gasteiger partial charge in [-0.2, -0.15) is 25.3 Å². The quantitative estimate of drug-likeness (QED) is 0.0581. The minimum Gasteiger partial charge on any atom is -0.605 e. The molecule has 0 spiro atoms. The van der Waals surface area contributed by atoms with Crippen LogP contribution in [0.15, 0.2) is 49.4 Å². The van der Waals surface area contributed by atoms with Crippen LogP contribution >= 0.6 is 60.9 Å². The summed E-state index contributed by atoms with van der Waals surface area (Å²) in [6.45, 7) is 16.0. The molecular weight excluding hydrogens is 533 g/mol. The highest BCUT2D eigenvalue weighted by molar-refractivity contribution is 8.72. The Morgan fingerprint density at radius 2 is 1.66 bits per heavy atom. The number of allylic oxidation sites excluding steroid dienone is 1. The van der Waals surface area contributed by atoms with Crippen LogP contribution in [0.4, 0.5) is 0 Å².